The van der Waals surface area contributed by atoms with E-state index in [1.54, 1.807) is 0 Å². The van der Waals surface area contributed by atoms with Crippen molar-refractivity contribution in [3.63, 3.8) is 0 Å². The topological polar surface area (TPSA) is 0 Å². The highest BCUT2D eigenvalue weighted by Gasteiger charge is 2.38. The van der Waals surface area contributed by atoms with Gasteiger partial charge in [-0.25, -0.2) is 0 Å². The number of fused-ring (bicyclic) bond motifs is 12. The second-order valence-electron chi connectivity index (χ2n) is 14.4. The molecule has 0 saturated carbocycles. The summed E-state index contributed by atoms with van der Waals surface area (Å²) in [6, 6.07) is 59.1. The molecule has 1 aromatic heterocycles. The lowest BCUT2D eigenvalue weighted by Gasteiger charge is -2.23. The third kappa shape index (κ3) is 3.76. The number of hydrogen-bond acceptors (Lipinski definition) is 1. The summed E-state index contributed by atoms with van der Waals surface area (Å²) < 4.78 is 2.76. The van der Waals surface area contributed by atoms with Crippen molar-refractivity contribution in [2.24, 2.45) is 0 Å². The third-order valence-corrected chi connectivity index (χ3v) is 12.6. The predicted molar refractivity (Wildman–Crippen MR) is 218 cm³/mol. The monoisotopic (exact) mass is 652 g/mol. The van der Waals surface area contributed by atoms with Crippen molar-refractivity contribution in [3.05, 3.63) is 169 Å². The fourth-order valence-electron chi connectivity index (χ4n) is 9.17. The second-order valence-corrected chi connectivity index (χ2v) is 15.5. The zero-order valence-corrected chi connectivity index (χ0v) is 28.7. The molecule has 1 aliphatic carbocycles. The molecule has 0 N–H and O–H groups in total. The summed E-state index contributed by atoms with van der Waals surface area (Å²) in [6.07, 6.45) is 0. The Morgan fingerprint density at radius 2 is 0.980 bits per heavy atom. The molecule has 0 spiro atoms. The summed E-state index contributed by atoms with van der Waals surface area (Å²) in [5.41, 5.74) is 10.6. The molecule has 1 heteroatoms. The van der Waals surface area contributed by atoms with Gasteiger partial charge in [0.25, 0.3) is 0 Å². The fourth-order valence-corrected chi connectivity index (χ4v) is 10.4. The van der Waals surface area contributed by atoms with Crippen LogP contribution in [0.2, 0.25) is 0 Å². The molecule has 234 valence electrons. The number of rotatable bonds is 2. The summed E-state index contributed by atoms with van der Waals surface area (Å²) >= 11 is 1.94. The van der Waals surface area contributed by atoms with Crippen LogP contribution in [0.1, 0.15) is 25.0 Å². The van der Waals surface area contributed by atoms with Gasteiger partial charge in [-0.05, 0) is 106 Å². The lowest BCUT2D eigenvalue weighted by Crippen LogP contribution is -2.15. The van der Waals surface area contributed by atoms with Gasteiger partial charge >= 0.3 is 0 Å². The Labute approximate surface area is 294 Å². The molecule has 0 unspecified atom stereocenters. The van der Waals surface area contributed by atoms with Crippen LogP contribution in [0.5, 0.6) is 0 Å². The molecule has 1 aliphatic rings. The highest BCUT2D eigenvalue weighted by atomic mass is 32.1. The summed E-state index contributed by atoms with van der Waals surface area (Å²) in [7, 11) is 0. The Hall–Kier alpha value is -5.76. The lowest BCUT2D eigenvalue weighted by atomic mass is 9.80. The average molecular weight is 653 g/mol. The Balaban J connectivity index is 1.17. The van der Waals surface area contributed by atoms with Gasteiger partial charge < -0.3 is 0 Å². The standard InChI is InChI=1S/C49H32S/c1-49(2)42-25-22-33(28-41(42)39-24-26-43-46(47(39)49)40-23-21-30-12-5-6-14-34(30)48(40)50-43)45-37-17-9-7-15-35(37)44(36-16-8-10-18-38(36)45)32-20-19-29-11-3-4-13-31(29)27-32/h3-28H,1-2H3. The molecule has 0 bridgehead atoms. The smallest absolute Gasteiger partial charge is 0.0433 e. The van der Waals surface area contributed by atoms with Gasteiger partial charge in [-0.1, -0.05) is 153 Å². The molecule has 0 radical (unpaired) electrons. The van der Waals surface area contributed by atoms with Crippen molar-refractivity contribution in [2.45, 2.75) is 19.3 Å². The Morgan fingerprint density at radius 1 is 0.420 bits per heavy atom. The molecule has 0 atom stereocenters. The van der Waals surface area contributed by atoms with E-state index < -0.39 is 0 Å². The van der Waals surface area contributed by atoms with E-state index in [0.717, 1.165) is 0 Å². The van der Waals surface area contributed by atoms with Gasteiger partial charge in [0.15, 0.2) is 0 Å². The molecule has 50 heavy (non-hydrogen) atoms. The normalized spacial score (nSPS) is 13.6. The molecule has 10 aromatic rings. The molecular formula is C49H32S. The van der Waals surface area contributed by atoms with Crippen LogP contribution < -0.4 is 0 Å². The fraction of sp³-hybridized carbons (Fsp3) is 0.0612. The molecule has 0 nitrogen and oxygen atoms in total. The van der Waals surface area contributed by atoms with Crippen LogP contribution in [-0.2, 0) is 5.41 Å². The van der Waals surface area contributed by atoms with Crippen molar-refractivity contribution in [1.29, 1.82) is 0 Å². The minimum Gasteiger partial charge on any atom is -0.135 e. The van der Waals surface area contributed by atoms with Crippen molar-refractivity contribution in [3.8, 4) is 33.4 Å². The average Bonchev–Trinajstić information content (AvgIpc) is 3.65. The van der Waals surface area contributed by atoms with Crippen LogP contribution in [0.3, 0.4) is 0 Å². The summed E-state index contributed by atoms with van der Waals surface area (Å²) in [5, 5.41) is 13.1. The maximum absolute atomic E-state index is 2.49. The minimum absolute atomic E-state index is 0.119. The van der Waals surface area contributed by atoms with Gasteiger partial charge in [-0.2, -0.15) is 0 Å². The number of benzene rings is 9. The molecule has 0 aliphatic heterocycles. The highest BCUT2D eigenvalue weighted by molar-refractivity contribution is 7.26. The van der Waals surface area contributed by atoms with Crippen molar-refractivity contribution < 1.29 is 0 Å². The van der Waals surface area contributed by atoms with Crippen LogP contribution in [0.15, 0.2) is 158 Å². The van der Waals surface area contributed by atoms with Gasteiger partial charge in [0.2, 0.25) is 0 Å². The number of hydrogen-bond donors (Lipinski definition) is 0. The van der Waals surface area contributed by atoms with E-state index in [4.69, 9.17) is 0 Å². The SMILES string of the molecule is CC1(C)c2ccc(-c3c4ccccc4c(-c4ccc5ccccc5c4)c4ccccc34)cc2-c2ccc3sc4c5ccccc5ccc4c3c21. The van der Waals surface area contributed by atoms with E-state index in [2.05, 4.69) is 172 Å². The first-order valence-electron chi connectivity index (χ1n) is 17.5. The molecule has 0 saturated heterocycles. The zero-order valence-electron chi connectivity index (χ0n) is 27.9. The predicted octanol–water partition coefficient (Wildman–Crippen LogP) is 14.3. The van der Waals surface area contributed by atoms with E-state index >= 15 is 0 Å². The lowest BCUT2D eigenvalue weighted by molar-refractivity contribution is 0.667. The van der Waals surface area contributed by atoms with Crippen molar-refractivity contribution in [2.75, 3.05) is 0 Å². The first-order chi connectivity index (χ1) is 24.6. The summed E-state index contributed by atoms with van der Waals surface area (Å²) in [6.45, 7) is 4.84. The van der Waals surface area contributed by atoms with Crippen molar-refractivity contribution in [1.82, 2.24) is 0 Å². The van der Waals surface area contributed by atoms with E-state index in [9.17, 15) is 0 Å². The maximum atomic E-state index is 2.49. The first-order valence-corrected chi connectivity index (χ1v) is 18.3. The maximum Gasteiger partial charge on any atom is 0.0433 e. The quantitative estimate of drug-likeness (QED) is 0.163. The molecular weight excluding hydrogens is 621 g/mol. The highest BCUT2D eigenvalue weighted by Crippen LogP contribution is 2.55. The van der Waals surface area contributed by atoms with Crippen LogP contribution in [0, 0.1) is 0 Å². The second kappa shape index (κ2) is 10.1. The van der Waals surface area contributed by atoms with E-state index in [1.807, 2.05) is 11.3 Å². The number of thiophene rings is 1. The van der Waals surface area contributed by atoms with Crippen LogP contribution in [0.25, 0.3) is 96.6 Å². The van der Waals surface area contributed by atoms with Gasteiger partial charge in [0.05, 0.1) is 0 Å². The molecule has 0 fully saturated rings. The van der Waals surface area contributed by atoms with Crippen molar-refractivity contribution >= 4 is 74.6 Å². The Bertz CT molecular complexity index is 3010. The van der Waals surface area contributed by atoms with Crippen LogP contribution >= 0.6 is 11.3 Å². The Kier molecular flexibility index (Phi) is 5.70. The third-order valence-electron chi connectivity index (χ3n) is 11.4. The van der Waals surface area contributed by atoms with Gasteiger partial charge in [0.1, 0.15) is 0 Å². The van der Waals surface area contributed by atoms with Gasteiger partial charge in [-0.3, -0.25) is 0 Å². The molecule has 9 aromatic carbocycles. The van der Waals surface area contributed by atoms with E-state index in [1.165, 1.54) is 108 Å². The molecule has 0 amide bonds. The zero-order chi connectivity index (χ0) is 33.1. The van der Waals surface area contributed by atoms with E-state index in [0.29, 0.717) is 0 Å². The largest absolute Gasteiger partial charge is 0.135 e. The van der Waals surface area contributed by atoms with Gasteiger partial charge in [0, 0.05) is 25.6 Å². The Morgan fingerprint density at radius 3 is 1.68 bits per heavy atom. The first kappa shape index (κ1) is 28.1. The van der Waals surface area contributed by atoms with Gasteiger partial charge in [-0.15, -0.1) is 11.3 Å². The van der Waals surface area contributed by atoms with Crippen LogP contribution in [-0.4, -0.2) is 0 Å². The minimum atomic E-state index is -0.119. The summed E-state index contributed by atoms with van der Waals surface area (Å²) in [5.74, 6) is 0. The molecule has 11 rings (SSSR count). The van der Waals surface area contributed by atoms with Crippen LogP contribution in [0.4, 0.5) is 0 Å². The summed E-state index contributed by atoms with van der Waals surface area (Å²) in [4.78, 5) is 0. The molecule has 1 heterocycles. The van der Waals surface area contributed by atoms with E-state index in [-0.39, 0.29) is 5.41 Å².